The summed E-state index contributed by atoms with van der Waals surface area (Å²) >= 11 is 0. The van der Waals surface area contributed by atoms with Crippen LogP contribution in [-0.2, 0) is 8.85 Å². The molecular weight excluding hydrogens is 153 g/mol. The highest BCUT2D eigenvalue weighted by atomic mass is 28.3. The first-order valence-electron chi connectivity index (χ1n) is 2.04. The lowest BCUT2D eigenvalue weighted by Crippen LogP contribution is -2.37. The predicted molar refractivity (Wildman–Crippen MR) is 25.8 cm³/mol. The molecule has 2 nitrogen and oxygen atoms in total. The Morgan fingerprint density at radius 2 is 1.44 bits per heavy atom. The summed E-state index contributed by atoms with van der Waals surface area (Å²) in [5, 5.41) is 0. The maximum atomic E-state index is 11.5. The Morgan fingerprint density at radius 1 is 1.11 bits per heavy atom. The first kappa shape index (κ1) is 8.93. The molecule has 0 rings (SSSR count). The fraction of sp³-hybridized carbons (Fsp3) is 1.00. The molecule has 0 aromatic carbocycles. The highest BCUT2D eigenvalue weighted by Gasteiger charge is 2.46. The lowest BCUT2D eigenvalue weighted by Gasteiger charge is -2.11. The highest BCUT2D eigenvalue weighted by molar-refractivity contribution is 6.46. The van der Waals surface area contributed by atoms with Crippen LogP contribution in [0.15, 0.2) is 0 Å². The van der Waals surface area contributed by atoms with Crippen LogP contribution in [0, 0.1) is 0 Å². The van der Waals surface area contributed by atoms with Crippen LogP contribution in [0.4, 0.5) is 13.2 Å². The molecule has 0 bridgehead atoms. The quantitative estimate of drug-likeness (QED) is 0.556. The number of halogens is 3. The minimum atomic E-state index is -4.33. The smallest absolute Gasteiger partial charge is 0.391 e. The van der Waals surface area contributed by atoms with E-state index in [1.54, 1.807) is 0 Å². The fourth-order valence-corrected chi connectivity index (χ4v) is 0.944. The molecule has 0 spiro atoms. The fourth-order valence-electron chi connectivity index (χ4n) is 0.315. The van der Waals surface area contributed by atoms with Crippen molar-refractivity contribution < 1.29 is 22.0 Å². The third-order valence-electron chi connectivity index (χ3n) is 0.602. The molecular formula is C3H6F3O2Si. The van der Waals surface area contributed by atoms with Crippen LogP contribution >= 0.6 is 0 Å². The standard InChI is InChI=1S/C3H6F3O2Si/c1-7-9(8-2)3(4,5)6/h1-2H3. The van der Waals surface area contributed by atoms with Gasteiger partial charge in [-0.1, -0.05) is 0 Å². The molecule has 0 atom stereocenters. The van der Waals surface area contributed by atoms with E-state index in [1.165, 1.54) is 0 Å². The summed E-state index contributed by atoms with van der Waals surface area (Å²) in [6.45, 7) is 0. The Labute approximate surface area is 52.4 Å². The number of rotatable bonds is 2. The number of hydrogen-bond acceptors (Lipinski definition) is 2. The summed E-state index contributed by atoms with van der Waals surface area (Å²) in [5.74, 6) is -4.33. The average molecular weight is 159 g/mol. The molecule has 0 aromatic rings. The van der Waals surface area contributed by atoms with Gasteiger partial charge < -0.3 is 8.85 Å². The SMILES string of the molecule is CO[Si](OC)C(F)(F)F. The van der Waals surface area contributed by atoms with Crippen molar-refractivity contribution in [3.63, 3.8) is 0 Å². The summed E-state index contributed by atoms with van der Waals surface area (Å²) in [7, 11) is -1.08. The molecule has 0 heterocycles. The zero-order valence-corrected chi connectivity index (χ0v) is 5.95. The van der Waals surface area contributed by atoms with Gasteiger partial charge in [0.05, 0.1) is 0 Å². The Bertz CT molecular complexity index is 79.6. The number of alkyl halides is 3. The van der Waals surface area contributed by atoms with Crippen molar-refractivity contribution in [3.8, 4) is 0 Å². The van der Waals surface area contributed by atoms with Crippen molar-refractivity contribution in [3.05, 3.63) is 0 Å². The minimum Gasteiger partial charge on any atom is -0.391 e. The summed E-state index contributed by atoms with van der Waals surface area (Å²) in [6.07, 6.45) is 0. The van der Waals surface area contributed by atoms with Crippen molar-refractivity contribution in [2.75, 3.05) is 14.2 Å². The molecule has 6 heteroatoms. The third-order valence-corrected chi connectivity index (χ3v) is 1.81. The monoisotopic (exact) mass is 159 g/mol. The number of hydrogen-bond donors (Lipinski definition) is 0. The second-order valence-electron chi connectivity index (χ2n) is 1.19. The molecule has 0 aromatic heterocycles. The van der Waals surface area contributed by atoms with Gasteiger partial charge in [0, 0.05) is 14.2 Å². The zero-order valence-electron chi connectivity index (χ0n) is 4.95. The lowest BCUT2D eigenvalue weighted by atomic mass is 11.5. The Balaban J connectivity index is 3.79. The van der Waals surface area contributed by atoms with Crippen molar-refractivity contribution in [2.24, 2.45) is 0 Å². The van der Waals surface area contributed by atoms with Crippen molar-refractivity contribution >= 4 is 9.28 Å². The summed E-state index contributed by atoms with van der Waals surface area (Å²) in [4.78, 5) is 0. The molecule has 0 fully saturated rings. The van der Waals surface area contributed by atoms with E-state index in [4.69, 9.17) is 0 Å². The summed E-state index contributed by atoms with van der Waals surface area (Å²) < 4.78 is 42.6. The van der Waals surface area contributed by atoms with E-state index in [2.05, 4.69) is 8.85 Å². The van der Waals surface area contributed by atoms with Crippen molar-refractivity contribution in [1.29, 1.82) is 0 Å². The molecule has 9 heavy (non-hydrogen) atoms. The van der Waals surface area contributed by atoms with Crippen LogP contribution in [0.5, 0.6) is 0 Å². The largest absolute Gasteiger partial charge is 0.511 e. The summed E-state index contributed by atoms with van der Waals surface area (Å²) in [6, 6.07) is 0. The molecule has 0 amide bonds. The van der Waals surface area contributed by atoms with Gasteiger partial charge in [-0.3, -0.25) is 0 Å². The minimum absolute atomic E-state index is 0.977. The highest BCUT2D eigenvalue weighted by Crippen LogP contribution is 2.18. The second kappa shape index (κ2) is 3.19. The Kier molecular flexibility index (Phi) is 3.16. The van der Waals surface area contributed by atoms with E-state index in [-0.39, 0.29) is 0 Å². The molecule has 55 valence electrons. The molecule has 0 aliphatic heterocycles. The van der Waals surface area contributed by atoms with Gasteiger partial charge in [-0.15, -0.1) is 0 Å². The zero-order chi connectivity index (χ0) is 7.49. The van der Waals surface area contributed by atoms with Gasteiger partial charge in [-0.25, -0.2) is 0 Å². The molecule has 0 saturated heterocycles. The van der Waals surface area contributed by atoms with E-state index in [9.17, 15) is 13.2 Å². The molecule has 0 aliphatic carbocycles. The molecule has 0 aliphatic rings. The normalized spacial score (nSPS) is 12.7. The lowest BCUT2D eigenvalue weighted by molar-refractivity contribution is -0.0818. The van der Waals surface area contributed by atoms with Gasteiger partial charge in [0.2, 0.25) is 0 Å². The van der Waals surface area contributed by atoms with Crippen LogP contribution < -0.4 is 0 Å². The van der Waals surface area contributed by atoms with Crippen LogP contribution in [-0.4, -0.2) is 29.3 Å². The van der Waals surface area contributed by atoms with Crippen molar-refractivity contribution in [1.82, 2.24) is 0 Å². The molecule has 0 unspecified atom stereocenters. The maximum absolute atomic E-state index is 11.5. The van der Waals surface area contributed by atoms with Crippen LogP contribution in [0.2, 0.25) is 0 Å². The Morgan fingerprint density at radius 3 is 1.44 bits per heavy atom. The van der Waals surface area contributed by atoms with Crippen molar-refractivity contribution in [2.45, 2.75) is 5.80 Å². The van der Waals surface area contributed by atoms with Gasteiger partial charge in [0.15, 0.2) is 0 Å². The first-order chi connectivity index (χ1) is 4.02. The van der Waals surface area contributed by atoms with Gasteiger partial charge in [0.1, 0.15) is 0 Å². The average Bonchev–Trinajstić information content (AvgIpc) is 1.65. The van der Waals surface area contributed by atoms with E-state index < -0.39 is 15.1 Å². The van der Waals surface area contributed by atoms with Gasteiger partial charge in [-0.2, -0.15) is 13.2 Å². The van der Waals surface area contributed by atoms with Crippen LogP contribution in [0.3, 0.4) is 0 Å². The molecule has 1 radical (unpaired) electrons. The molecule has 0 N–H and O–H groups in total. The van der Waals surface area contributed by atoms with Gasteiger partial charge >= 0.3 is 15.1 Å². The first-order valence-corrected chi connectivity index (χ1v) is 3.36. The van der Waals surface area contributed by atoms with Crippen LogP contribution in [0.1, 0.15) is 0 Å². The summed E-state index contributed by atoms with van der Waals surface area (Å²) in [5.41, 5.74) is 0. The van der Waals surface area contributed by atoms with E-state index in [1.807, 2.05) is 0 Å². The van der Waals surface area contributed by atoms with Crippen LogP contribution in [0.25, 0.3) is 0 Å². The van der Waals surface area contributed by atoms with E-state index in [0.717, 1.165) is 14.2 Å². The predicted octanol–water partition coefficient (Wildman–Crippen LogP) is 0.869. The topological polar surface area (TPSA) is 18.5 Å². The molecule has 0 saturated carbocycles. The Hall–Kier alpha value is -0.0731. The van der Waals surface area contributed by atoms with E-state index >= 15 is 0 Å². The maximum Gasteiger partial charge on any atom is 0.511 e. The third kappa shape index (κ3) is 2.83. The van der Waals surface area contributed by atoms with E-state index in [0.29, 0.717) is 0 Å². The second-order valence-corrected chi connectivity index (χ2v) is 3.15. The van der Waals surface area contributed by atoms with Gasteiger partial charge in [0.25, 0.3) is 0 Å². The van der Waals surface area contributed by atoms with Gasteiger partial charge in [-0.05, 0) is 0 Å².